The van der Waals surface area contributed by atoms with Gasteiger partial charge in [0.25, 0.3) is 6.47 Å². The molecule has 3 amide bonds. The number of hydrogen-bond donors (Lipinski definition) is 6. The molecule has 0 aliphatic rings. The van der Waals surface area contributed by atoms with Crippen LogP contribution in [0, 0.1) is 5.92 Å². The zero-order valence-electron chi connectivity index (χ0n) is 20.7. The first kappa shape index (κ1) is 29.5. The fourth-order valence-corrected chi connectivity index (χ4v) is 3.35. The van der Waals surface area contributed by atoms with Gasteiger partial charge in [-0.15, -0.1) is 0 Å². The average Bonchev–Trinajstić information content (AvgIpc) is 2.84. The molecule has 10 nitrogen and oxygen atoms in total. The molecular formula is C25H37N5O5. The van der Waals surface area contributed by atoms with Gasteiger partial charge in [0.05, 0.1) is 6.04 Å². The number of benzene rings is 2. The molecule has 0 aliphatic carbocycles. The van der Waals surface area contributed by atoms with Gasteiger partial charge >= 0.3 is 0 Å². The number of carboxylic acid groups (broad SMARTS) is 1. The van der Waals surface area contributed by atoms with Gasteiger partial charge in [0, 0.05) is 11.1 Å². The lowest BCUT2D eigenvalue weighted by Gasteiger charge is -2.26. The minimum Gasteiger partial charge on any atom is -0.483 e. The van der Waals surface area contributed by atoms with E-state index in [1.54, 1.807) is 14.0 Å². The molecule has 7 N–H and O–H groups in total. The van der Waals surface area contributed by atoms with Crippen LogP contribution >= 0.6 is 0 Å². The summed E-state index contributed by atoms with van der Waals surface area (Å²) in [7, 11) is 1.68. The number of anilines is 1. The number of nitrogens with two attached hydrogens (primary N) is 1. The SMILES string of the molecule is CN[C@@H](C)C(=O)N[C@H](C(=O)N[C@@H](CCCN)C(=O)Nc1cccc2ccccc12)C(C)C.O=CO. The van der Waals surface area contributed by atoms with E-state index in [9.17, 15) is 14.4 Å². The van der Waals surface area contributed by atoms with Gasteiger partial charge in [-0.05, 0) is 50.7 Å². The van der Waals surface area contributed by atoms with Gasteiger partial charge in [0.2, 0.25) is 17.7 Å². The second kappa shape index (κ2) is 15.4. The molecule has 0 fully saturated rings. The first-order valence-corrected chi connectivity index (χ1v) is 11.5. The van der Waals surface area contributed by atoms with Gasteiger partial charge < -0.3 is 32.1 Å². The van der Waals surface area contributed by atoms with Crippen LogP contribution in [0.1, 0.15) is 33.6 Å². The monoisotopic (exact) mass is 487 g/mol. The molecule has 0 aliphatic heterocycles. The molecule has 0 saturated carbocycles. The molecule has 0 saturated heterocycles. The molecule has 0 radical (unpaired) electrons. The number of fused-ring (bicyclic) bond motifs is 1. The Kier molecular flexibility index (Phi) is 13.0. The van der Waals surface area contributed by atoms with Gasteiger partial charge in [-0.2, -0.15) is 0 Å². The van der Waals surface area contributed by atoms with E-state index < -0.39 is 24.0 Å². The molecule has 192 valence electrons. The highest BCUT2D eigenvalue weighted by Gasteiger charge is 2.29. The number of carbonyl (C=O) groups is 4. The van der Waals surface area contributed by atoms with E-state index in [1.807, 2.05) is 56.3 Å². The van der Waals surface area contributed by atoms with Gasteiger partial charge in [-0.3, -0.25) is 19.2 Å². The number of nitrogens with one attached hydrogen (secondary N) is 4. The predicted octanol–water partition coefficient (Wildman–Crippen LogP) is 1.45. The van der Waals surface area contributed by atoms with Crippen molar-refractivity contribution in [1.82, 2.24) is 16.0 Å². The van der Waals surface area contributed by atoms with E-state index in [4.69, 9.17) is 15.6 Å². The third-order valence-corrected chi connectivity index (χ3v) is 5.45. The molecule has 2 aromatic carbocycles. The van der Waals surface area contributed by atoms with Gasteiger partial charge in [0.15, 0.2) is 0 Å². The molecule has 2 aromatic rings. The Morgan fingerprint density at radius 3 is 2.20 bits per heavy atom. The molecule has 0 unspecified atom stereocenters. The summed E-state index contributed by atoms with van der Waals surface area (Å²) in [5.41, 5.74) is 6.33. The Labute approximate surface area is 206 Å². The van der Waals surface area contributed by atoms with E-state index in [-0.39, 0.29) is 24.2 Å². The molecule has 0 spiro atoms. The largest absolute Gasteiger partial charge is 0.483 e. The normalized spacial score (nSPS) is 13.1. The second-order valence-corrected chi connectivity index (χ2v) is 8.35. The van der Waals surface area contributed by atoms with Crippen molar-refractivity contribution in [2.45, 2.75) is 51.7 Å². The van der Waals surface area contributed by atoms with E-state index >= 15 is 0 Å². The maximum atomic E-state index is 13.1. The van der Waals surface area contributed by atoms with Gasteiger partial charge in [0.1, 0.15) is 12.1 Å². The maximum Gasteiger partial charge on any atom is 0.290 e. The quantitative estimate of drug-likeness (QED) is 0.261. The van der Waals surface area contributed by atoms with Crippen molar-refractivity contribution >= 4 is 40.7 Å². The van der Waals surface area contributed by atoms with E-state index in [1.165, 1.54) is 0 Å². The number of hydrogen-bond acceptors (Lipinski definition) is 6. The predicted molar refractivity (Wildman–Crippen MR) is 137 cm³/mol. The summed E-state index contributed by atoms with van der Waals surface area (Å²) < 4.78 is 0. The number of amides is 3. The average molecular weight is 488 g/mol. The summed E-state index contributed by atoms with van der Waals surface area (Å²) in [6.07, 6.45) is 0.966. The molecule has 0 bridgehead atoms. The van der Waals surface area contributed by atoms with Gasteiger partial charge in [-0.25, -0.2) is 0 Å². The highest BCUT2D eigenvalue weighted by atomic mass is 16.3. The minimum atomic E-state index is -0.773. The molecular weight excluding hydrogens is 450 g/mol. The lowest BCUT2D eigenvalue weighted by atomic mass is 10.0. The highest BCUT2D eigenvalue weighted by molar-refractivity contribution is 6.05. The van der Waals surface area contributed by atoms with Crippen molar-refractivity contribution in [3.63, 3.8) is 0 Å². The smallest absolute Gasteiger partial charge is 0.290 e. The fraction of sp³-hybridized carbons (Fsp3) is 0.440. The standard InChI is InChI=1S/C24H35N5O3.CH2O2/c1-15(2)21(29-22(30)16(3)26-4)24(32)28-20(13-8-14-25)23(31)27-19-12-7-10-17-9-5-6-11-18(17)19;2-1-3/h5-7,9-12,15-16,20-21,26H,8,13-14,25H2,1-4H3,(H,27,31)(H,28,32)(H,29,30);1H,(H,2,3)/t16-,20-,21-;/m0./s1. The molecule has 35 heavy (non-hydrogen) atoms. The zero-order chi connectivity index (χ0) is 26.4. The van der Waals surface area contributed by atoms with Crippen molar-refractivity contribution in [2.75, 3.05) is 18.9 Å². The van der Waals surface area contributed by atoms with Crippen LogP contribution in [0.5, 0.6) is 0 Å². The zero-order valence-corrected chi connectivity index (χ0v) is 20.7. The second-order valence-electron chi connectivity index (χ2n) is 8.35. The van der Waals surface area contributed by atoms with Crippen molar-refractivity contribution in [3.8, 4) is 0 Å². The summed E-state index contributed by atoms with van der Waals surface area (Å²) >= 11 is 0. The van der Waals surface area contributed by atoms with Crippen molar-refractivity contribution < 1.29 is 24.3 Å². The minimum absolute atomic E-state index is 0.153. The van der Waals surface area contributed by atoms with Crippen LogP contribution < -0.4 is 27.0 Å². The van der Waals surface area contributed by atoms with Crippen LogP contribution in [0.25, 0.3) is 10.8 Å². The lowest BCUT2D eigenvalue weighted by Crippen LogP contribution is -2.56. The fourth-order valence-electron chi connectivity index (χ4n) is 3.35. The summed E-state index contributed by atoms with van der Waals surface area (Å²) in [5.74, 6) is -1.15. The van der Waals surface area contributed by atoms with Crippen LogP contribution in [-0.4, -0.2) is 61.0 Å². The van der Waals surface area contributed by atoms with Crippen LogP contribution in [0.2, 0.25) is 0 Å². The summed E-state index contributed by atoms with van der Waals surface area (Å²) in [6.45, 7) is 5.56. The molecule has 3 atom stereocenters. The topological polar surface area (TPSA) is 163 Å². The van der Waals surface area contributed by atoms with Crippen LogP contribution in [0.4, 0.5) is 5.69 Å². The third-order valence-electron chi connectivity index (χ3n) is 5.45. The first-order chi connectivity index (χ1) is 16.7. The van der Waals surface area contributed by atoms with Crippen LogP contribution in [0.15, 0.2) is 42.5 Å². The van der Waals surface area contributed by atoms with Crippen LogP contribution in [-0.2, 0) is 19.2 Å². The third kappa shape index (κ3) is 9.34. The molecule has 0 heterocycles. The summed E-state index contributed by atoms with van der Waals surface area (Å²) in [4.78, 5) is 46.8. The van der Waals surface area contributed by atoms with E-state index in [0.717, 1.165) is 10.8 Å². The summed E-state index contributed by atoms with van der Waals surface area (Å²) in [6, 6.07) is 11.5. The Morgan fingerprint density at radius 1 is 0.971 bits per heavy atom. The highest BCUT2D eigenvalue weighted by Crippen LogP contribution is 2.23. The van der Waals surface area contributed by atoms with Gasteiger partial charge in [-0.1, -0.05) is 50.2 Å². The van der Waals surface area contributed by atoms with Crippen LogP contribution in [0.3, 0.4) is 0 Å². The van der Waals surface area contributed by atoms with E-state index in [0.29, 0.717) is 25.1 Å². The Bertz CT molecular complexity index is 976. The lowest BCUT2D eigenvalue weighted by molar-refractivity contribution is -0.132. The van der Waals surface area contributed by atoms with Crippen molar-refractivity contribution in [3.05, 3.63) is 42.5 Å². The number of rotatable bonds is 11. The van der Waals surface area contributed by atoms with Crippen molar-refractivity contribution in [1.29, 1.82) is 0 Å². The molecule has 10 heteroatoms. The van der Waals surface area contributed by atoms with Crippen molar-refractivity contribution in [2.24, 2.45) is 11.7 Å². The Hall–Kier alpha value is -3.50. The maximum absolute atomic E-state index is 13.1. The summed E-state index contributed by atoms with van der Waals surface area (Å²) in [5, 5.41) is 20.2. The Morgan fingerprint density at radius 2 is 1.60 bits per heavy atom. The molecule has 0 aromatic heterocycles. The number of likely N-dealkylation sites (N-methyl/N-ethyl adjacent to an activating group) is 1. The molecule has 2 rings (SSSR count). The first-order valence-electron chi connectivity index (χ1n) is 11.5. The number of carbonyl (C=O) groups excluding carboxylic acids is 3. The Balaban J connectivity index is 0.00000194. The van der Waals surface area contributed by atoms with E-state index in [2.05, 4.69) is 21.3 Å².